The molecule has 0 amide bonds. The molecule has 0 radical (unpaired) electrons. The van der Waals surface area contributed by atoms with E-state index in [2.05, 4.69) is 11.6 Å². The zero-order chi connectivity index (χ0) is 14.6. The first-order valence-electron chi connectivity index (χ1n) is 6.75. The van der Waals surface area contributed by atoms with Gasteiger partial charge in [0, 0.05) is 19.6 Å². The van der Waals surface area contributed by atoms with Gasteiger partial charge >= 0.3 is 0 Å². The van der Waals surface area contributed by atoms with Gasteiger partial charge < -0.3 is 0 Å². The molecule has 1 atom stereocenters. The maximum atomic E-state index is 12.2. The van der Waals surface area contributed by atoms with Crippen molar-refractivity contribution in [3.8, 4) is 6.07 Å². The van der Waals surface area contributed by atoms with Gasteiger partial charge in [-0.25, -0.2) is 0 Å². The maximum absolute atomic E-state index is 12.2. The number of nitrogens with one attached hydrogen (secondary N) is 1. The largest absolute Gasteiger partial charge is 0.279 e. The number of hydrogen-bond donors (Lipinski definition) is 1. The van der Waals surface area contributed by atoms with Gasteiger partial charge in [-0.1, -0.05) is 19.1 Å². The van der Waals surface area contributed by atoms with Crippen molar-refractivity contribution in [3.63, 3.8) is 0 Å². The smallest absolute Gasteiger partial charge is 0.198 e. The van der Waals surface area contributed by atoms with E-state index >= 15 is 0 Å². The van der Waals surface area contributed by atoms with Gasteiger partial charge in [-0.2, -0.15) is 22.7 Å². The van der Waals surface area contributed by atoms with Crippen LogP contribution in [-0.2, 0) is 16.8 Å². The number of piperidine rings is 1. The van der Waals surface area contributed by atoms with Crippen molar-refractivity contribution in [2.24, 2.45) is 5.92 Å². The minimum Gasteiger partial charge on any atom is -0.198 e. The molecule has 0 bridgehead atoms. The number of benzene rings is 1. The van der Waals surface area contributed by atoms with Crippen molar-refractivity contribution in [2.75, 3.05) is 13.1 Å². The summed E-state index contributed by atoms with van der Waals surface area (Å²) in [6, 6.07) is 8.94. The molecule has 1 N–H and O–H groups in total. The Morgan fingerprint density at radius 1 is 1.40 bits per heavy atom. The zero-order valence-corrected chi connectivity index (χ0v) is 12.4. The van der Waals surface area contributed by atoms with Crippen molar-refractivity contribution < 1.29 is 8.42 Å². The van der Waals surface area contributed by atoms with Gasteiger partial charge in [0.15, 0.2) is 0 Å². The Labute approximate surface area is 120 Å². The first-order valence-corrected chi connectivity index (χ1v) is 8.19. The molecular formula is C14H19N3O2S. The number of nitriles is 1. The fraction of sp³-hybridized carbons (Fsp3) is 0.500. The molecule has 108 valence electrons. The van der Waals surface area contributed by atoms with E-state index in [9.17, 15) is 8.42 Å². The van der Waals surface area contributed by atoms with Gasteiger partial charge in [-0.3, -0.25) is 0 Å². The molecule has 1 saturated heterocycles. The molecule has 0 saturated carbocycles. The van der Waals surface area contributed by atoms with Crippen LogP contribution >= 0.6 is 0 Å². The highest BCUT2D eigenvalue weighted by Gasteiger charge is 2.26. The Morgan fingerprint density at radius 2 is 2.10 bits per heavy atom. The summed E-state index contributed by atoms with van der Waals surface area (Å²) in [5.74, 6) is 0.412. The molecule has 1 fully saturated rings. The van der Waals surface area contributed by atoms with Crippen LogP contribution in [0.15, 0.2) is 24.3 Å². The monoisotopic (exact) mass is 293 g/mol. The average molecular weight is 293 g/mol. The highest BCUT2D eigenvalue weighted by atomic mass is 32.2. The molecule has 6 heteroatoms. The van der Waals surface area contributed by atoms with Crippen molar-refractivity contribution >= 4 is 10.2 Å². The second-order valence-corrected chi connectivity index (χ2v) is 7.00. The van der Waals surface area contributed by atoms with Crippen molar-refractivity contribution in [2.45, 2.75) is 26.3 Å². The van der Waals surface area contributed by atoms with Gasteiger partial charge in [0.05, 0.1) is 11.6 Å². The van der Waals surface area contributed by atoms with E-state index in [1.807, 2.05) is 6.07 Å². The summed E-state index contributed by atoms with van der Waals surface area (Å²) >= 11 is 0. The van der Waals surface area contributed by atoms with E-state index in [1.54, 1.807) is 24.3 Å². The van der Waals surface area contributed by atoms with Gasteiger partial charge in [0.25, 0.3) is 10.2 Å². The first-order chi connectivity index (χ1) is 9.51. The fourth-order valence-electron chi connectivity index (χ4n) is 2.33. The van der Waals surface area contributed by atoms with Gasteiger partial charge in [0.1, 0.15) is 0 Å². The molecule has 2 rings (SSSR count). The molecule has 1 unspecified atom stereocenters. The third-order valence-corrected chi connectivity index (χ3v) is 5.02. The fourth-order valence-corrected chi connectivity index (χ4v) is 3.68. The van der Waals surface area contributed by atoms with E-state index < -0.39 is 10.2 Å². The van der Waals surface area contributed by atoms with Gasteiger partial charge in [0.2, 0.25) is 0 Å². The van der Waals surface area contributed by atoms with Crippen LogP contribution in [-0.4, -0.2) is 25.8 Å². The minimum atomic E-state index is -3.41. The van der Waals surface area contributed by atoms with Gasteiger partial charge in [-0.05, 0) is 36.5 Å². The molecule has 1 heterocycles. The average Bonchev–Trinajstić information content (AvgIpc) is 2.46. The second kappa shape index (κ2) is 6.35. The third kappa shape index (κ3) is 3.79. The summed E-state index contributed by atoms with van der Waals surface area (Å²) in [7, 11) is -3.41. The first kappa shape index (κ1) is 15.0. The zero-order valence-electron chi connectivity index (χ0n) is 11.5. The maximum Gasteiger partial charge on any atom is 0.279 e. The molecule has 20 heavy (non-hydrogen) atoms. The van der Waals surface area contributed by atoms with Crippen LogP contribution in [0.4, 0.5) is 0 Å². The summed E-state index contributed by atoms with van der Waals surface area (Å²) in [6.45, 7) is 3.50. The van der Waals surface area contributed by atoms with Gasteiger partial charge in [-0.15, -0.1) is 0 Å². The topological polar surface area (TPSA) is 73.2 Å². The highest BCUT2D eigenvalue weighted by Crippen LogP contribution is 2.17. The standard InChI is InChI=1S/C14H19N3O2S/c1-12-3-2-8-17(11-12)20(18,19)16-10-14-6-4-13(9-15)5-7-14/h4-7,12,16H,2-3,8,10-11H2,1H3. The second-order valence-electron chi connectivity index (χ2n) is 5.24. The lowest BCUT2D eigenvalue weighted by Gasteiger charge is -2.29. The van der Waals surface area contributed by atoms with E-state index in [-0.39, 0.29) is 6.54 Å². The van der Waals surface area contributed by atoms with Crippen molar-refractivity contribution in [3.05, 3.63) is 35.4 Å². The molecule has 1 aromatic rings. The van der Waals surface area contributed by atoms with Crippen LogP contribution in [0.2, 0.25) is 0 Å². The summed E-state index contributed by atoms with van der Waals surface area (Å²) in [5.41, 5.74) is 1.42. The Balaban J connectivity index is 1.96. The Morgan fingerprint density at radius 3 is 2.70 bits per heavy atom. The summed E-state index contributed by atoms with van der Waals surface area (Å²) in [6.07, 6.45) is 2.00. The van der Waals surface area contributed by atoms with E-state index in [0.717, 1.165) is 18.4 Å². The van der Waals surface area contributed by atoms with Crippen LogP contribution in [0.25, 0.3) is 0 Å². The van der Waals surface area contributed by atoms with Crippen molar-refractivity contribution in [1.82, 2.24) is 9.03 Å². The lowest BCUT2D eigenvalue weighted by molar-refractivity contribution is 0.278. The molecule has 1 aliphatic heterocycles. The molecule has 0 aliphatic carbocycles. The number of hydrogen-bond acceptors (Lipinski definition) is 3. The van der Waals surface area contributed by atoms with Crippen LogP contribution in [0, 0.1) is 17.2 Å². The third-order valence-electron chi connectivity index (χ3n) is 3.50. The Hall–Kier alpha value is -1.42. The molecule has 0 spiro atoms. The van der Waals surface area contributed by atoms with Crippen LogP contribution in [0.1, 0.15) is 30.9 Å². The number of nitrogens with zero attached hydrogens (tertiary/aromatic N) is 2. The predicted octanol–water partition coefficient (Wildman–Crippen LogP) is 1.62. The van der Waals surface area contributed by atoms with E-state index in [0.29, 0.717) is 24.6 Å². The summed E-state index contributed by atoms with van der Waals surface area (Å²) in [5, 5.41) is 8.71. The van der Waals surface area contributed by atoms with Crippen LogP contribution in [0.3, 0.4) is 0 Å². The molecular weight excluding hydrogens is 274 g/mol. The molecule has 0 aromatic heterocycles. The molecule has 5 nitrogen and oxygen atoms in total. The lowest BCUT2D eigenvalue weighted by Crippen LogP contribution is -2.45. The van der Waals surface area contributed by atoms with E-state index in [4.69, 9.17) is 5.26 Å². The van der Waals surface area contributed by atoms with Crippen LogP contribution < -0.4 is 4.72 Å². The summed E-state index contributed by atoms with van der Waals surface area (Å²) in [4.78, 5) is 0. The summed E-state index contributed by atoms with van der Waals surface area (Å²) < 4.78 is 28.5. The Kier molecular flexibility index (Phi) is 4.76. The predicted molar refractivity (Wildman–Crippen MR) is 76.9 cm³/mol. The minimum absolute atomic E-state index is 0.249. The normalized spacial score (nSPS) is 20.5. The SMILES string of the molecule is CC1CCCN(S(=O)(=O)NCc2ccc(C#N)cc2)C1. The number of rotatable bonds is 4. The molecule has 1 aromatic carbocycles. The van der Waals surface area contributed by atoms with Crippen molar-refractivity contribution in [1.29, 1.82) is 5.26 Å². The Bertz CT molecular complexity index is 590. The lowest BCUT2D eigenvalue weighted by atomic mass is 10.0. The molecule has 1 aliphatic rings. The highest BCUT2D eigenvalue weighted by molar-refractivity contribution is 7.87. The van der Waals surface area contributed by atoms with Crippen LogP contribution in [0.5, 0.6) is 0 Å². The van der Waals surface area contributed by atoms with E-state index in [1.165, 1.54) is 4.31 Å². The quantitative estimate of drug-likeness (QED) is 0.917.